The van der Waals surface area contributed by atoms with E-state index in [1.165, 1.54) is 10.4 Å². The molecule has 2 rings (SSSR count). The van der Waals surface area contributed by atoms with Crippen LogP contribution in [0.5, 0.6) is 0 Å². The van der Waals surface area contributed by atoms with Crippen LogP contribution in [0.3, 0.4) is 0 Å². The van der Waals surface area contributed by atoms with Crippen LogP contribution in [0.2, 0.25) is 5.04 Å². The van der Waals surface area contributed by atoms with Gasteiger partial charge in [-0.25, -0.2) is 0 Å². The average molecular weight is 371 g/mol. The van der Waals surface area contributed by atoms with Gasteiger partial charge in [-0.2, -0.15) is 0 Å². The van der Waals surface area contributed by atoms with Crippen molar-refractivity contribution in [2.45, 2.75) is 38.3 Å². The van der Waals surface area contributed by atoms with Gasteiger partial charge in [0, 0.05) is 0 Å². The molecule has 2 N–H and O–H groups in total. The summed E-state index contributed by atoms with van der Waals surface area (Å²) in [5, 5.41) is 21.5. The highest BCUT2D eigenvalue weighted by atomic mass is 28.4. The zero-order chi connectivity index (χ0) is 19.0. The smallest absolute Gasteiger partial charge is 0.261 e. The number of aliphatic hydroxyl groups excluding tert-OH is 2. The number of rotatable bonds is 8. The van der Waals surface area contributed by atoms with E-state index in [-0.39, 0.29) is 18.3 Å². The summed E-state index contributed by atoms with van der Waals surface area (Å²) in [6.07, 6.45) is 3.31. The number of hydrogen-bond donors (Lipinski definition) is 2. The zero-order valence-electron chi connectivity index (χ0n) is 15.9. The van der Waals surface area contributed by atoms with Crippen molar-refractivity contribution in [2.75, 3.05) is 13.2 Å². The first-order valence-corrected chi connectivity index (χ1v) is 11.0. The molecule has 140 valence electrons. The van der Waals surface area contributed by atoms with E-state index < -0.39 is 14.4 Å². The molecule has 0 aromatic heterocycles. The van der Waals surface area contributed by atoms with Gasteiger partial charge in [0.1, 0.15) is 0 Å². The lowest BCUT2D eigenvalue weighted by Crippen LogP contribution is -2.67. The normalized spacial score (nSPS) is 13.9. The van der Waals surface area contributed by atoms with Gasteiger partial charge in [0.2, 0.25) is 0 Å². The van der Waals surface area contributed by atoms with Crippen molar-refractivity contribution in [3.05, 3.63) is 72.8 Å². The molecule has 1 atom stereocenters. The summed E-state index contributed by atoms with van der Waals surface area (Å²) in [5.74, 6) is 0. The van der Waals surface area contributed by atoms with E-state index in [0.29, 0.717) is 6.42 Å². The Bertz CT molecular complexity index is 638. The SMILES string of the molecule is CC(C)(C)[Si](OC[C@H](O)C/C=C\CO)(c1ccccc1)c1ccccc1. The minimum Gasteiger partial charge on any atom is -0.405 e. The van der Waals surface area contributed by atoms with Gasteiger partial charge in [-0.15, -0.1) is 0 Å². The summed E-state index contributed by atoms with van der Waals surface area (Å²) in [6, 6.07) is 20.8. The summed E-state index contributed by atoms with van der Waals surface area (Å²) < 4.78 is 6.65. The molecule has 0 saturated heterocycles. The summed E-state index contributed by atoms with van der Waals surface area (Å²) >= 11 is 0. The fourth-order valence-corrected chi connectivity index (χ4v) is 7.98. The van der Waals surface area contributed by atoms with E-state index >= 15 is 0 Å². The van der Waals surface area contributed by atoms with E-state index in [1.807, 2.05) is 12.1 Å². The Labute approximate surface area is 158 Å². The van der Waals surface area contributed by atoms with E-state index in [4.69, 9.17) is 9.53 Å². The Kier molecular flexibility index (Phi) is 7.35. The number of hydrogen-bond acceptors (Lipinski definition) is 3. The van der Waals surface area contributed by atoms with E-state index in [9.17, 15) is 5.11 Å². The van der Waals surface area contributed by atoms with Crippen molar-refractivity contribution >= 4 is 18.7 Å². The predicted octanol–water partition coefficient (Wildman–Crippen LogP) is 2.86. The lowest BCUT2D eigenvalue weighted by atomic mass is 10.2. The molecule has 26 heavy (non-hydrogen) atoms. The zero-order valence-corrected chi connectivity index (χ0v) is 16.9. The van der Waals surface area contributed by atoms with Gasteiger partial charge in [-0.3, -0.25) is 0 Å². The lowest BCUT2D eigenvalue weighted by molar-refractivity contribution is 0.104. The summed E-state index contributed by atoms with van der Waals surface area (Å²) in [6.45, 7) is 6.91. The van der Waals surface area contributed by atoms with Crippen molar-refractivity contribution in [3.8, 4) is 0 Å². The van der Waals surface area contributed by atoms with Crippen LogP contribution in [0.25, 0.3) is 0 Å². The molecule has 0 aliphatic rings. The molecule has 0 bridgehead atoms. The molecule has 0 spiro atoms. The predicted molar refractivity (Wildman–Crippen MR) is 110 cm³/mol. The second kappa shape index (κ2) is 9.28. The molecule has 0 unspecified atom stereocenters. The first-order chi connectivity index (χ1) is 12.4. The van der Waals surface area contributed by atoms with Gasteiger partial charge in [0.25, 0.3) is 8.32 Å². The van der Waals surface area contributed by atoms with E-state index in [1.54, 1.807) is 12.2 Å². The average Bonchev–Trinajstić information content (AvgIpc) is 2.63. The van der Waals surface area contributed by atoms with Crippen molar-refractivity contribution in [3.63, 3.8) is 0 Å². The highest BCUT2D eigenvalue weighted by Gasteiger charge is 2.50. The fraction of sp³-hybridized carbons (Fsp3) is 0.364. The third-order valence-corrected chi connectivity index (χ3v) is 9.59. The maximum Gasteiger partial charge on any atom is 0.261 e. The van der Waals surface area contributed by atoms with Crippen LogP contribution in [0.15, 0.2) is 72.8 Å². The topological polar surface area (TPSA) is 49.7 Å². The number of aliphatic hydroxyl groups is 2. The van der Waals surface area contributed by atoms with Crippen molar-refractivity contribution < 1.29 is 14.6 Å². The first kappa shape index (κ1) is 20.6. The first-order valence-electron chi connectivity index (χ1n) is 9.10. The Morgan fingerprint density at radius 2 is 1.42 bits per heavy atom. The van der Waals surface area contributed by atoms with Gasteiger partial charge >= 0.3 is 0 Å². The Morgan fingerprint density at radius 1 is 0.923 bits per heavy atom. The molecule has 0 aliphatic heterocycles. The number of benzene rings is 2. The van der Waals surface area contributed by atoms with Crippen LogP contribution >= 0.6 is 0 Å². The van der Waals surface area contributed by atoms with Gasteiger partial charge in [-0.1, -0.05) is 93.6 Å². The summed E-state index contributed by atoms with van der Waals surface area (Å²) in [7, 11) is -2.59. The third-order valence-electron chi connectivity index (χ3n) is 4.59. The van der Waals surface area contributed by atoms with Crippen LogP contribution < -0.4 is 10.4 Å². The molecule has 3 nitrogen and oxygen atoms in total. The quantitative estimate of drug-likeness (QED) is 0.555. The largest absolute Gasteiger partial charge is 0.405 e. The van der Waals surface area contributed by atoms with E-state index in [0.717, 1.165) is 0 Å². The maximum absolute atomic E-state index is 10.4. The molecule has 2 aromatic rings. The molecular formula is C22H30O3Si. The van der Waals surface area contributed by atoms with Crippen LogP contribution in [-0.4, -0.2) is 37.8 Å². The molecule has 2 aromatic carbocycles. The van der Waals surface area contributed by atoms with Gasteiger partial charge < -0.3 is 14.6 Å². The Balaban J connectivity index is 2.42. The van der Waals surface area contributed by atoms with Crippen LogP contribution in [0, 0.1) is 0 Å². The third kappa shape index (κ3) is 4.71. The fourth-order valence-electron chi connectivity index (χ4n) is 3.38. The molecule has 0 aliphatic carbocycles. The van der Waals surface area contributed by atoms with Gasteiger partial charge in [-0.05, 0) is 21.8 Å². The van der Waals surface area contributed by atoms with Crippen LogP contribution in [0.1, 0.15) is 27.2 Å². The second-order valence-electron chi connectivity index (χ2n) is 7.52. The van der Waals surface area contributed by atoms with Gasteiger partial charge in [0.15, 0.2) is 0 Å². The molecular weight excluding hydrogens is 340 g/mol. The van der Waals surface area contributed by atoms with Crippen LogP contribution in [-0.2, 0) is 4.43 Å². The minimum absolute atomic E-state index is 0.0116. The highest BCUT2D eigenvalue weighted by Crippen LogP contribution is 2.36. The van der Waals surface area contributed by atoms with E-state index in [2.05, 4.69) is 69.3 Å². The minimum atomic E-state index is -2.59. The summed E-state index contributed by atoms with van der Waals surface area (Å²) in [5.41, 5.74) is 0. The standard InChI is InChI=1S/C22H30O3Si/c1-22(2,3)26(20-13-6-4-7-14-20,21-15-8-5-9-16-21)25-18-19(24)12-10-11-17-23/h4-11,13-16,19,23-24H,12,17-18H2,1-3H3/b11-10-/t19-/m1/s1. The molecule has 0 radical (unpaired) electrons. The maximum atomic E-state index is 10.4. The van der Waals surface area contributed by atoms with Crippen molar-refractivity contribution in [2.24, 2.45) is 0 Å². The molecule has 0 heterocycles. The second-order valence-corrected chi connectivity index (χ2v) is 11.8. The Morgan fingerprint density at radius 3 is 1.85 bits per heavy atom. The lowest BCUT2D eigenvalue weighted by Gasteiger charge is -2.43. The molecule has 0 amide bonds. The Hall–Kier alpha value is -1.72. The summed E-state index contributed by atoms with van der Waals surface area (Å²) in [4.78, 5) is 0. The van der Waals surface area contributed by atoms with Crippen LogP contribution in [0.4, 0.5) is 0 Å². The van der Waals surface area contributed by atoms with Gasteiger partial charge in [0.05, 0.1) is 19.3 Å². The molecule has 0 saturated carbocycles. The highest BCUT2D eigenvalue weighted by molar-refractivity contribution is 6.99. The van der Waals surface area contributed by atoms with Crippen molar-refractivity contribution in [1.29, 1.82) is 0 Å². The molecule has 4 heteroatoms. The molecule has 0 fully saturated rings. The van der Waals surface area contributed by atoms with Crippen molar-refractivity contribution in [1.82, 2.24) is 0 Å². The monoisotopic (exact) mass is 370 g/mol.